The Morgan fingerprint density at radius 1 is 1.12 bits per heavy atom. The maximum Gasteiger partial charge on any atom is 0.166 e. The smallest absolute Gasteiger partial charge is 0.166 e. The zero-order valence-corrected chi connectivity index (χ0v) is 14.5. The molecular formula is C19H14BrFN2O. The number of benzene rings is 2. The molecule has 0 fully saturated rings. The van der Waals surface area contributed by atoms with Crippen LogP contribution in [0.1, 0.15) is 12.5 Å². The minimum absolute atomic E-state index is 0.0764. The molecule has 0 amide bonds. The SMILES string of the molecule is CC(=O)/C(Br)=C/c1cn(-c2ccccc2)nc1-c1ccc(F)cc1. The quantitative estimate of drug-likeness (QED) is 0.593. The maximum absolute atomic E-state index is 13.2. The van der Waals surface area contributed by atoms with Crippen LogP contribution in [0.5, 0.6) is 0 Å². The van der Waals surface area contributed by atoms with Gasteiger partial charge in [-0.05, 0) is 65.3 Å². The van der Waals surface area contributed by atoms with E-state index >= 15 is 0 Å². The molecule has 0 spiro atoms. The second kappa shape index (κ2) is 6.93. The Hall–Kier alpha value is -2.53. The van der Waals surface area contributed by atoms with Crippen LogP contribution in [0.3, 0.4) is 0 Å². The molecule has 2 aromatic carbocycles. The number of carbonyl (C=O) groups is 1. The summed E-state index contributed by atoms with van der Waals surface area (Å²) in [5, 5.41) is 4.61. The van der Waals surface area contributed by atoms with Crippen LogP contribution in [-0.4, -0.2) is 15.6 Å². The summed E-state index contributed by atoms with van der Waals surface area (Å²) in [6.45, 7) is 1.49. The second-order valence-corrected chi connectivity index (χ2v) is 6.12. The van der Waals surface area contributed by atoms with Crippen molar-refractivity contribution in [2.45, 2.75) is 6.92 Å². The summed E-state index contributed by atoms with van der Waals surface area (Å²) >= 11 is 3.28. The molecule has 3 nitrogen and oxygen atoms in total. The van der Waals surface area contributed by atoms with E-state index in [0.29, 0.717) is 10.2 Å². The molecule has 3 aromatic rings. The number of ketones is 1. The molecule has 1 aromatic heterocycles. The van der Waals surface area contributed by atoms with Crippen molar-refractivity contribution in [3.8, 4) is 16.9 Å². The second-order valence-electron chi connectivity index (χ2n) is 5.27. The first kappa shape index (κ1) is 16.3. The van der Waals surface area contributed by atoms with Crippen molar-refractivity contribution in [2.24, 2.45) is 0 Å². The van der Waals surface area contributed by atoms with Gasteiger partial charge in [-0.2, -0.15) is 5.10 Å². The fourth-order valence-corrected chi connectivity index (χ4v) is 2.52. The van der Waals surface area contributed by atoms with Crippen molar-refractivity contribution in [1.82, 2.24) is 9.78 Å². The summed E-state index contributed by atoms with van der Waals surface area (Å²) in [6.07, 6.45) is 3.58. The molecular weight excluding hydrogens is 371 g/mol. The lowest BCUT2D eigenvalue weighted by Gasteiger charge is -2.00. The lowest BCUT2D eigenvalue weighted by Crippen LogP contribution is -1.94. The highest BCUT2D eigenvalue weighted by Gasteiger charge is 2.12. The van der Waals surface area contributed by atoms with Crippen LogP contribution in [0, 0.1) is 5.82 Å². The maximum atomic E-state index is 13.2. The van der Waals surface area contributed by atoms with E-state index < -0.39 is 0 Å². The van der Waals surface area contributed by atoms with Gasteiger partial charge in [-0.3, -0.25) is 4.79 Å². The Bertz CT molecular complexity index is 899. The average molecular weight is 385 g/mol. The van der Waals surface area contributed by atoms with Gasteiger partial charge in [-0.1, -0.05) is 18.2 Å². The van der Waals surface area contributed by atoms with Gasteiger partial charge < -0.3 is 0 Å². The van der Waals surface area contributed by atoms with E-state index in [1.54, 1.807) is 22.9 Å². The van der Waals surface area contributed by atoms with E-state index in [9.17, 15) is 9.18 Å². The third kappa shape index (κ3) is 3.51. The van der Waals surface area contributed by atoms with Gasteiger partial charge >= 0.3 is 0 Å². The number of aromatic nitrogens is 2. The summed E-state index contributed by atoms with van der Waals surface area (Å²) in [5.41, 5.74) is 3.13. The zero-order valence-electron chi connectivity index (χ0n) is 12.9. The fourth-order valence-electron chi connectivity index (χ4n) is 2.28. The first-order valence-electron chi connectivity index (χ1n) is 7.34. The van der Waals surface area contributed by atoms with Gasteiger partial charge in [0.15, 0.2) is 5.78 Å². The van der Waals surface area contributed by atoms with Crippen LogP contribution in [0.2, 0.25) is 0 Å². The minimum Gasteiger partial charge on any atom is -0.294 e. The van der Waals surface area contributed by atoms with Crippen molar-refractivity contribution in [1.29, 1.82) is 0 Å². The summed E-state index contributed by atoms with van der Waals surface area (Å²) in [4.78, 5) is 11.5. The molecule has 0 atom stereocenters. The van der Waals surface area contributed by atoms with Crippen LogP contribution in [0.15, 0.2) is 65.3 Å². The standard InChI is InChI=1S/C19H14BrFN2O/c1-13(24)18(20)11-15-12-23(17-5-3-2-4-6-17)22-19(15)14-7-9-16(21)10-8-14/h2-12H,1H3/b18-11-. The first-order valence-corrected chi connectivity index (χ1v) is 8.13. The molecule has 3 rings (SSSR count). The summed E-state index contributed by atoms with van der Waals surface area (Å²) < 4.78 is 15.4. The van der Waals surface area contributed by atoms with E-state index in [1.807, 2.05) is 36.5 Å². The van der Waals surface area contributed by atoms with Crippen LogP contribution >= 0.6 is 15.9 Å². The Balaban J connectivity index is 2.15. The largest absolute Gasteiger partial charge is 0.294 e. The Labute approximate surface area is 147 Å². The monoisotopic (exact) mass is 384 g/mol. The van der Waals surface area contributed by atoms with Crippen molar-refractivity contribution < 1.29 is 9.18 Å². The van der Waals surface area contributed by atoms with E-state index in [4.69, 9.17) is 0 Å². The van der Waals surface area contributed by atoms with Gasteiger partial charge in [0.2, 0.25) is 0 Å². The topological polar surface area (TPSA) is 34.9 Å². The van der Waals surface area contributed by atoms with Gasteiger partial charge in [0.05, 0.1) is 15.9 Å². The Morgan fingerprint density at radius 2 is 1.79 bits per heavy atom. The van der Waals surface area contributed by atoms with Gasteiger partial charge in [0, 0.05) is 17.3 Å². The third-order valence-corrected chi connectivity index (χ3v) is 4.29. The third-order valence-electron chi connectivity index (χ3n) is 3.50. The van der Waals surface area contributed by atoms with Gasteiger partial charge in [-0.25, -0.2) is 9.07 Å². The number of nitrogens with zero attached hydrogens (tertiary/aromatic N) is 2. The molecule has 0 N–H and O–H groups in total. The van der Waals surface area contributed by atoms with Crippen LogP contribution < -0.4 is 0 Å². The fraction of sp³-hybridized carbons (Fsp3) is 0.0526. The lowest BCUT2D eigenvalue weighted by molar-refractivity contribution is -0.112. The van der Waals surface area contributed by atoms with E-state index in [-0.39, 0.29) is 11.6 Å². The van der Waals surface area contributed by atoms with Crippen molar-refractivity contribution >= 4 is 27.8 Å². The molecule has 0 bridgehead atoms. The molecule has 0 saturated heterocycles. The molecule has 0 aliphatic heterocycles. The van der Waals surface area contributed by atoms with Crippen molar-refractivity contribution in [3.05, 3.63) is 76.7 Å². The molecule has 1 heterocycles. The first-order chi connectivity index (χ1) is 11.5. The van der Waals surface area contributed by atoms with Crippen LogP contribution in [0.25, 0.3) is 23.0 Å². The number of rotatable bonds is 4. The van der Waals surface area contributed by atoms with Crippen LogP contribution in [0.4, 0.5) is 4.39 Å². The van der Waals surface area contributed by atoms with E-state index in [2.05, 4.69) is 21.0 Å². The van der Waals surface area contributed by atoms with Gasteiger partial charge in [0.25, 0.3) is 0 Å². The number of halogens is 2. The molecule has 0 aliphatic rings. The lowest BCUT2D eigenvalue weighted by atomic mass is 10.1. The zero-order chi connectivity index (χ0) is 17.1. The normalized spacial score (nSPS) is 11.5. The number of carbonyl (C=O) groups excluding carboxylic acids is 1. The summed E-state index contributed by atoms with van der Waals surface area (Å²) in [5.74, 6) is -0.379. The molecule has 0 aliphatic carbocycles. The van der Waals surface area contributed by atoms with Gasteiger partial charge in [-0.15, -0.1) is 0 Å². The highest BCUT2D eigenvalue weighted by molar-refractivity contribution is 9.12. The Morgan fingerprint density at radius 3 is 2.42 bits per heavy atom. The molecule has 0 radical (unpaired) electrons. The number of hydrogen-bond donors (Lipinski definition) is 0. The number of Topliss-reactive ketones (excluding diaryl/α,β-unsaturated/α-hetero) is 1. The predicted octanol–water partition coefficient (Wildman–Crippen LogP) is 5.00. The molecule has 120 valence electrons. The highest BCUT2D eigenvalue weighted by atomic mass is 79.9. The molecule has 0 saturated carbocycles. The van der Waals surface area contributed by atoms with E-state index in [1.165, 1.54) is 19.1 Å². The molecule has 24 heavy (non-hydrogen) atoms. The molecule has 0 unspecified atom stereocenters. The van der Waals surface area contributed by atoms with Gasteiger partial charge in [0.1, 0.15) is 5.82 Å². The number of para-hydroxylation sites is 1. The highest BCUT2D eigenvalue weighted by Crippen LogP contribution is 2.27. The van der Waals surface area contributed by atoms with Crippen molar-refractivity contribution in [3.63, 3.8) is 0 Å². The summed E-state index contributed by atoms with van der Waals surface area (Å²) in [7, 11) is 0. The molecule has 5 heteroatoms. The Kier molecular flexibility index (Phi) is 4.71. The number of allylic oxidation sites excluding steroid dienone is 1. The summed E-state index contributed by atoms with van der Waals surface area (Å²) in [6, 6.07) is 15.8. The minimum atomic E-state index is -0.303. The van der Waals surface area contributed by atoms with Crippen molar-refractivity contribution in [2.75, 3.05) is 0 Å². The predicted molar refractivity (Wildman–Crippen MR) is 96.5 cm³/mol. The van der Waals surface area contributed by atoms with E-state index in [0.717, 1.165) is 16.8 Å². The van der Waals surface area contributed by atoms with Crippen LogP contribution in [-0.2, 0) is 4.79 Å². The number of hydrogen-bond acceptors (Lipinski definition) is 2. The average Bonchev–Trinajstić information content (AvgIpc) is 3.00.